The van der Waals surface area contributed by atoms with Gasteiger partial charge in [0.25, 0.3) is 0 Å². The fraction of sp³-hybridized carbons (Fsp3) is 0.323. The molecule has 2 unspecified atom stereocenters. The maximum absolute atomic E-state index is 12.3. The number of ether oxygens (including phenoxy) is 4. The van der Waals surface area contributed by atoms with E-state index in [1.165, 1.54) is 32.4 Å². The second-order valence-electron chi connectivity index (χ2n) is 9.84. The van der Waals surface area contributed by atoms with E-state index in [0.29, 0.717) is 22.6 Å². The van der Waals surface area contributed by atoms with E-state index in [0.717, 1.165) is 6.08 Å². The molecule has 41 heavy (non-hydrogen) atoms. The maximum Gasteiger partial charge on any atom is 0.328 e. The Morgan fingerprint density at radius 3 is 1.51 bits per heavy atom. The molecule has 2 rings (SSSR count). The topological polar surface area (TPSA) is 160 Å². The molecule has 10 nitrogen and oxygen atoms in total. The number of allylic oxidation sites excluding steroid dienone is 3. The van der Waals surface area contributed by atoms with Crippen LogP contribution in [0.3, 0.4) is 0 Å². The highest BCUT2D eigenvalue weighted by Crippen LogP contribution is 2.30. The molecule has 0 saturated heterocycles. The van der Waals surface area contributed by atoms with Gasteiger partial charge in [-0.2, -0.15) is 0 Å². The van der Waals surface area contributed by atoms with Crippen LogP contribution in [0.25, 0.3) is 12.2 Å². The van der Waals surface area contributed by atoms with Crippen molar-refractivity contribution in [1.29, 1.82) is 0 Å². The Hall–Kier alpha value is -4.41. The van der Waals surface area contributed by atoms with E-state index in [1.807, 2.05) is 27.7 Å². The predicted octanol–water partition coefficient (Wildman–Crippen LogP) is 4.22. The lowest BCUT2D eigenvalue weighted by molar-refractivity contribution is -0.137. The van der Waals surface area contributed by atoms with Gasteiger partial charge < -0.3 is 35.5 Å². The average molecular weight is 567 g/mol. The van der Waals surface area contributed by atoms with Crippen LogP contribution in [0.2, 0.25) is 0 Å². The van der Waals surface area contributed by atoms with Crippen LogP contribution in [0.15, 0.2) is 60.4 Å². The van der Waals surface area contributed by atoms with Crippen molar-refractivity contribution in [1.82, 2.24) is 0 Å². The summed E-state index contributed by atoms with van der Waals surface area (Å²) >= 11 is 0. The van der Waals surface area contributed by atoms with Crippen LogP contribution >= 0.6 is 0 Å². The highest BCUT2D eigenvalue weighted by molar-refractivity contribution is 6.02. The first-order valence-electron chi connectivity index (χ1n) is 13.0. The van der Waals surface area contributed by atoms with Crippen LogP contribution < -0.4 is 30.4 Å². The van der Waals surface area contributed by atoms with Crippen LogP contribution in [0, 0.1) is 11.8 Å². The molecular weight excluding hydrogens is 528 g/mol. The van der Waals surface area contributed by atoms with Gasteiger partial charge >= 0.3 is 11.9 Å². The Morgan fingerprint density at radius 1 is 0.707 bits per heavy atom. The van der Waals surface area contributed by atoms with Crippen molar-refractivity contribution in [3.63, 3.8) is 0 Å². The van der Waals surface area contributed by atoms with E-state index in [1.54, 1.807) is 42.5 Å². The number of rotatable bonds is 13. The zero-order valence-corrected chi connectivity index (χ0v) is 24.1. The molecule has 0 heterocycles. The number of esters is 2. The summed E-state index contributed by atoms with van der Waals surface area (Å²) in [5, 5.41) is 10.2. The number of aliphatic hydroxyl groups excluding tert-OH is 1. The Kier molecular flexibility index (Phi) is 12.3. The van der Waals surface area contributed by atoms with Gasteiger partial charge in [0.2, 0.25) is 0 Å². The molecule has 0 fully saturated rings. The molecule has 0 amide bonds. The minimum Gasteiger partial charge on any atom is -0.508 e. The molecular formula is C31H38N2O8. The van der Waals surface area contributed by atoms with E-state index in [2.05, 4.69) is 0 Å². The van der Waals surface area contributed by atoms with Crippen LogP contribution in [-0.2, 0) is 14.4 Å². The molecule has 220 valence electrons. The van der Waals surface area contributed by atoms with Crippen LogP contribution in [0.5, 0.6) is 23.0 Å². The minimum atomic E-state index is -0.773. The zero-order valence-electron chi connectivity index (χ0n) is 24.1. The summed E-state index contributed by atoms with van der Waals surface area (Å²) in [4.78, 5) is 36.7. The highest BCUT2D eigenvalue weighted by atomic mass is 16.6. The first-order valence-corrected chi connectivity index (χ1v) is 13.0. The zero-order chi connectivity index (χ0) is 30.7. The van der Waals surface area contributed by atoms with Gasteiger partial charge in [0.1, 0.15) is 17.8 Å². The summed E-state index contributed by atoms with van der Waals surface area (Å²) in [6, 6.07) is 8.06. The number of benzene rings is 2. The molecule has 0 aliphatic rings. The lowest BCUT2D eigenvalue weighted by atomic mass is 10.1. The fourth-order valence-corrected chi connectivity index (χ4v) is 3.24. The van der Waals surface area contributed by atoms with Gasteiger partial charge in [-0.25, -0.2) is 9.59 Å². The third-order valence-electron chi connectivity index (χ3n) is 5.95. The lowest BCUT2D eigenvalue weighted by Gasteiger charge is -2.16. The molecule has 0 aliphatic carbocycles. The van der Waals surface area contributed by atoms with E-state index in [-0.39, 0.29) is 29.1 Å². The van der Waals surface area contributed by atoms with E-state index in [4.69, 9.17) is 30.4 Å². The van der Waals surface area contributed by atoms with Crippen molar-refractivity contribution in [2.75, 3.05) is 14.2 Å². The number of carbonyl (C=O) groups is 3. The minimum absolute atomic E-state index is 0.0858. The number of carbonyl (C=O) groups excluding carboxylic acids is 3. The number of hydrogen-bond donors (Lipinski definition) is 3. The number of hydrogen-bond acceptors (Lipinski definition) is 10. The Balaban J connectivity index is 2.07. The normalized spacial score (nSPS) is 13.5. The standard InChI is InChI=1S/C31H38N2O8/c1-18(2)28(32)30(36)40-24-13-9-20(15-26(24)38-5)7-11-22(34)17-23(35)12-8-21-10-14-25(27(16-21)39-6)41-31(37)29(33)19(3)4/h7-19,28-29,34H,32-33H2,1-6H3/b11-7+,12-8+,22-17-. The third-order valence-corrected chi connectivity index (χ3v) is 5.95. The quantitative estimate of drug-likeness (QED) is 0.105. The van der Waals surface area contributed by atoms with Gasteiger partial charge in [0.15, 0.2) is 28.8 Å². The van der Waals surface area contributed by atoms with E-state index >= 15 is 0 Å². The number of nitrogens with two attached hydrogens (primary N) is 2. The van der Waals surface area contributed by atoms with Gasteiger partial charge in [-0.3, -0.25) is 4.79 Å². The third kappa shape index (κ3) is 9.93. The second kappa shape index (κ2) is 15.4. The molecule has 0 spiro atoms. The first-order chi connectivity index (χ1) is 19.4. The summed E-state index contributed by atoms with van der Waals surface area (Å²) in [5.41, 5.74) is 12.9. The molecule has 0 aromatic heterocycles. The smallest absolute Gasteiger partial charge is 0.328 e. The van der Waals surface area contributed by atoms with Crippen molar-refractivity contribution in [2.24, 2.45) is 23.3 Å². The lowest BCUT2D eigenvalue weighted by Crippen LogP contribution is -2.38. The summed E-state index contributed by atoms with van der Waals surface area (Å²) in [5.74, 6) is -1.04. The largest absolute Gasteiger partial charge is 0.508 e. The van der Waals surface area contributed by atoms with Gasteiger partial charge in [0.05, 0.1) is 14.2 Å². The van der Waals surface area contributed by atoms with Crippen molar-refractivity contribution in [2.45, 2.75) is 39.8 Å². The average Bonchev–Trinajstić information content (AvgIpc) is 2.94. The first kappa shape index (κ1) is 32.8. The van der Waals surface area contributed by atoms with E-state index < -0.39 is 29.8 Å². The molecule has 5 N–H and O–H groups in total. The van der Waals surface area contributed by atoms with Crippen LogP contribution in [-0.4, -0.2) is 49.1 Å². The van der Waals surface area contributed by atoms with Crippen molar-refractivity contribution in [3.05, 3.63) is 71.5 Å². The van der Waals surface area contributed by atoms with Crippen molar-refractivity contribution in [3.8, 4) is 23.0 Å². The van der Waals surface area contributed by atoms with Crippen molar-refractivity contribution < 1.29 is 38.4 Å². The van der Waals surface area contributed by atoms with Gasteiger partial charge in [0, 0.05) is 6.08 Å². The summed E-state index contributed by atoms with van der Waals surface area (Å²) in [6.45, 7) is 7.27. The second-order valence-corrected chi connectivity index (χ2v) is 9.84. The van der Waals surface area contributed by atoms with Gasteiger partial charge in [-0.05, 0) is 59.4 Å². The Labute approximate surface area is 240 Å². The summed E-state index contributed by atoms with van der Waals surface area (Å²) in [6.07, 6.45) is 6.75. The van der Waals surface area contributed by atoms with Gasteiger partial charge in [-0.1, -0.05) is 52.0 Å². The summed E-state index contributed by atoms with van der Waals surface area (Å²) < 4.78 is 21.3. The number of methoxy groups -OCH3 is 2. The molecule has 2 aromatic carbocycles. The Bertz CT molecular complexity index is 1330. The van der Waals surface area contributed by atoms with Gasteiger partial charge in [-0.15, -0.1) is 0 Å². The van der Waals surface area contributed by atoms with Crippen LogP contribution in [0.4, 0.5) is 0 Å². The van der Waals surface area contributed by atoms with Crippen LogP contribution in [0.1, 0.15) is 38.8 Å². The molecule has 0 aliphatic heterocycles. The number of ketones is 1. The monoisotopic (exact) mass is 566 g/mol. The summed E-state index contributed by atoms with van der Waals surface area (Å²) in [7, 11) is 2.86. The maximum atomic E-state index is 12.3. The molecule has 0 radical (unpaired) electrons. The van der Waals surface area contributed by atoms with E-state index in [9.17, 15) is 19.5 Å². The predicted molar refractivity (Wildman–Crippen MR) is 157 cm³/mol. The molecule has 0 bridgehead atoms. The fourth-order valence-electron chi connectivity index (χ4n) is 3.24. The Morgan fingerprint density at radius 2 is 1.12 bits per heavy atom. The molecule has 2 atom stereocenters. The molecule has 10 heteroatoms. The SMILES string of the molecule is COc1cc(/C=C/C(=O)/C=C(O)/C=C/c2ccc(OC(=O)C(N)C(C)C)c(OC)c2)ccc1OC(=O)C(N)C(C)C. The number of aliphatic hydroxyl groups is 1. The highest BCUT2D eigenvalue weighted by Gasteiger charge is 2.22. The molecule has 2 aromatic rings. The molecule has 0 saturated carbocycles. The van der Waals surface area contributed by atoms with Crippen molar-refractivity contribution >= 4 is 29.9 Å².